The van der Waals surface area contributed by atoms with E-state index in [4.69, 9.17) is 11.3 Å². The van der Waals surface area contributed by atoms with E-state index in [9.17, 15) is 0 Å². The van der Waals surface area contributed by atoms with Crippen LogP contribution >= 0.6 is 0 Å². The van der Waals surface area contributed by atoms with Gasteiger partial charge in [-0.2, -0.15) is 0 Å². The van der Waals surface area contributed by atoms with Gasteiger partial charge in [-0.1, -0.05) is 6.07 Å². The predicted molar refractivity (Wildman–Crippen MR) is 76.3 cm³/mol. The van der Waals surface area contributed by atoms with Crippen LogP contribution in [0.2, 0.25) is 0 Å². The maximum absolute atomic E-state index is 7.02. The molecule has 2 aromatic heterocycles. The van der Waals surface area contributed by atoms with E-state index < -0.39 is 0 Å². The smallest absolute Gasteiger partial charge is 0.189 e. The summed E-state index contributed by atoms with van der Waals surface area (Å²) in [6, 6.07) is 9.20. The number of benzene rings is 1. The highest BCUT2D eigenvalue weighted by Crippen LogP contribution is 2.22. The number of nitrogens with zero attached hydrogens (tertiary/aromatic N) is 4. The highest BCUT2D eigenvalue weighted by atomic mass is 16.5. The van der Waals surface area contributed by atoms with Crippen molar-refractivity contribution < 1.29 is 4.74 Å². The molecule has 0 aliphatic rings. The first-order chi connectivity index (χ1) is 9.81. The molecule has 0 radical (unpaired) electrons. The molecule has 0 fully saturated rings. The topological polar surface area (TPSA) is 44.3 Å². The third-order valence-corrected chi connectivity index (χ3v) is 2.94. The molecule has 0 bridgehead atoms. The third-order valence-electron chi connectivity index (χ3n) is 2.94. The summed E-state index contributed by atoms with van der Waals surface area (Å²) in [5.41, 5.74) is 2.30. The Morgan fingerprint density at radius 1 is 1.25 bits per heavy atom. The SMILES string of the molecule is [C-]#[N+]c1ccc2c(c1)ncn2-c1ccc(OCC)cn1. The second-order valence-electron chi connectivity index (χ2n) is 4.18. The number of hydrogen-bond donors (Lipinski definition) is 0. The summed E-state index contributed by atoms with van der Waals surface area (Å²) >= 11 is 0. The Morgan fingerprint density at radius 2 is 2.15 bits per heavy atom. The summed E-state index contributed by atoms with van der Waals surface area (Å²) in [5, 5.41) is 0. The molecule has 2 heterocycles. The van der Waals surface area contributed by atoms with Gasteiger partial charge in [-0.05, 0) is 31.2 Å². The van der Waals surface area contributed by atoms with Gasteiger partial charge >= 0.3 is 0 Å². The van der Waals surface area contributed by atoms with Crippen molar-refractivity contribution >= 4 is 16.7 Å². The fourth-order valence-electron chi connectivity index (χ4n) is 2.02. The second kappa shape index (κ2) is 5.02. The maximum Gasteiger partial charge on any atom is 0.189 e. The standard InChI is InChI=1S/C15H12N4O/c1-3-20-12-5-7-15(17-9-12)19-10-18-13-8-11(16-2)4-6-14(13)19/h4-10H,3H2,1H3. The number of aromatic nitrogens is 3. The Hall–Kier alpha value is -2.87. The summed E-state index contributed by atoms with van der Waals surface area (Å²) in [6.45, 7) is 9.57. The first-order valence-corrected chi connectivity index (χ1v) is 6.25. The van der Waals surface area contributed by atoms with Gasteiger partial charge in [0.15, 0.2) is 5.69 Å². The van der Waals surface area contributed by atoms with Crippen molar-refractivity contribution in [2.45, 2.75) is 6.92 Å². The zero-order valence-electron chi connectivity index (χ0n) is 10.9. The minimum atomic E-state index is 0.586. The van der Waals surface area contributed by atoms with E-state index in [-0.39, 0.29) is 0 Å². The van der Waals surface area contributed by atoms with Crippen LogP contribution in [0.15, 0.2) is 42.9 Å². The van der Waals surface area contributed by atoms with Crippen molar-refractivity contribution in [2.24, 2.45) is 0 Å². The molecule has 0 saturated heterocycles. The first-order valence-electron chi connectivity index (χ1n) is 6.25. The average molecular weight is 264 g/mol. The second-order valence-corrected chi connectivity index (χ2v) is 4.18. The lowest BCUT2D eigenvalue weighted by Gasteiger charge is -2.05. The van der Waals surface area contributed by atoms with Gasteiger partial charge in [0.05, 0.1) is 30.4 Å². The van der Waals surface area contributed by atoms with E-state index in [0.29, 0.717) is 12.3 Å². The van der Waals surface area contributed by atoms with Gasteiger partial charge in [-0.3, -0.25) is 4.57 Å². The third kappa shape index (κ3) is 2.08. The fourth-order valence-corrected chi connectivity index (χ4v) is 2.02. The minimum absolute atomic E-state index is 0.586. The summed E-state index contributed by atoms with van der Waals surface area (Å²) in [7, 11) is 0. The van der Waals surface area contributed by atoms with Crippen LogP contribution in [0.3, 0.4) is 0 Å². The number of rotatable bonds is 3. The molecule has 20 heavy (non-hydrogen) atoms. The van der Waals surface area contributed by atoms with Crippen LogP contribution in [0.4, 0.5) is 5.69 Å². The minimum Gasteiger partial charge on any atom is -0.492 e. The van der Waals surface area contributed by atoms with Crippen LogP contribution in [0.25, 0.3) is 21.7 Å². The first kappa shape index (κ1) is 12.2. The van der Waals surface area contributed by atoms with Crippen molar-refractivity contribution in [3.8, 4) is 11.6 Å². The van der Waals surface area contributed by atoms with Crippen LogP contribution < -0.4 is 4.74 Å². The molecule has 5 nitrogen and oxygen atoms in total. The molecule has 0 N–H and O–H groups in total. The van der Waals surface area contributed by atoms with Crippen LogP contribution in [0, 0.1) is 6.57 Å². The Kier molecular flexibility index (Phi) is 3.05. The average Bonchev–Trinajstić information content (AvgIpc) is 2.91. The highest BCUT2D eigenvalue weighted by molar-refractivity contribution is 5.81. The number of pyridine rings is 1. The monoisotopic (exact) mass is 264 g/mol. The highest BCUT2D eigenvalue weighted by Gasteiger charge is 2.06. The number of hydrogen-bond acceptors (Lipinski definition) is 3. The lowest BCUT2D eigenvalue weighted by atomic mass is 10.3. The normalized spacial score (nSPS) is 10.4. The van der Waals surface area contributed by atoms with Gasteiger partial charge < -0.3 is 4.74 Å². The zero-order valence-corrected chi connectivity index (χ0v) is 10.9. The molecular weight excluding hydrogens is 252 g/mol. The van der Waals surface area contributed by atoms with Crippen LogP contribution in [0.5, 0.6) is 5.75 Å². The lowest BCUT2D eigenvalue weighted by Crippen LogP contribution is -1.97. The number of imidazole rings is 1. The molecule has 0 spiro atoms. The largest absolute Gasteiger partial charge is 0.492 e. The zero-order chi connectivity index (χ0) is 13.9. The number of ether oxygens (including phenoxy) is 1. The molecule has 0 saturated carbocycles. The van der Waals surface area contributed by atoms with Gasteiger partial charge in [-0.25, -0.2) is 14.8 Å². The maximum atomic E-state index is 7.02. The molecule has 3 aromatic rings. The van der Waals surface area contributed by atoms with E-state index in [1.54, 1.807) is 24.7 Å². The van der Waals surface area contributed by atoms with Crippen molar-refractivity contribution in [2.75, 3.05) is 6.61 Å². The molecule has 0 amide bonds. The molecule has 0 atom stereocenters. The van der Waals surface area contributed by atoms with Gasteiger partial charge in [0.25, 0.3) is 0 Å². The van der Waals surface area contributed by atoms with Crippen LogP contribution in [-0.2, 0) is 0 Å². The lowest BCUT2D eigenvalue weighted by molar-refractivity contribution is 0.339. The van der Waals surface area contributed by atoms with Crippen molar-refractivity contribution in [3.05, 3.63) is 54.3 Å². The Bertz CT molecular complexity index is 784. The van der Waals surface area contributed by atoms with E-state index in [1.165, 1.54) is 0 Å². The Morgan fingerprint density at radius 3 is 2.85 bits per heavy atom. The van der Waals surface area contributed by atoms with Crippen LogP contribution in [0.1, 0.15) is 6.92 Å². The molecule has 0 unspecified atom stereocenters. The Labute approximate surface area is 116 Å². The fraction of sp³-hybridized carbons (Fsp3) is 0.133. The van der Waals surface area contributed by atoms with Gasteiger partial charge in [0.2, 0.25) is 0 Å². The summed E-state index contributed by atoms with van der Waals surface area (Å²) in [5.74, 6) is 1.52. The van der Waals surface area contributed by atoms with E-state index >= 15 is 0 Å². The van der Waals surface area contributed by atoms with E-state index in [0.717, 1.165) is 22.6 Å². The summed E-state index contributed by atoms with van der Waals surface area (Å²) in [4.78, 5) is 12.1. The van der Waals surface area contributed by atoms with Crippen molar-refractivity contribution in [1.29, 1.82) is 0 Å². The summed E-state index contributed by atoms with van der Waals surface area (Å²) < 4.78 is 7.26. The number of fused-ring (bicyclic) bond motifs is 1. The molecule has 98 valence electrons. The van der Waals surface area contributed by atoms with Crippen LogP contribution in [-0.4, -0.2) is 21.1 Å². The molecular formula is C15H12N4O. The van der Waals surface area contributed by atoms with Gasteiger partial charge in [-0.15, -0.1) is 0 Å². The van der Waals surface area contributed by atoms with Crippen molar-refractivity contribution in [3.63, 3.8) is 0 Å². The van der Waals surface area contributed by atoms with E-state index in [2.05, 4.69) is 14.8 Å². The molecule has 0 aliphatic heterocycles. The molecule has 0 aliphatic carbocycles. The Balaban J connectivity index is 2.04. The molecule has 5 heteroatoms. The molecule has 3 rings (SSSR count). The van der Waals surface area contributed by atoms with Crippen molar-refractivity contribution in [1.82, 2.24) is 14.5 Å². The van der Waals surface area contributed by atoms with Gasteiger partial charge in [0, 0.05) is 0 Å². The van der Waals surface area contributed by atoms with Gasteiger partial charge in [0.1, 0.15) is 17.9 Å². The quantitative estimate of drug-likeness (QED) is 0.681. The predicted octanol–water partition coefficient (Wildman–Crippen LogP) is 3.37. The van der Waals surface area contributed by atoms with E-state index in [1.807, 2.05) is 29.7 Å². The molecule has 1 aromatic carbocycles. The summed E-state index contributed by atoms with van der Waals surface area (Å²) in [6.07, 6.45) is 3.40.